The van der Waals surface area contributed by atoms with Crippen LogP contribution in [-0.2, 0) is 4.74 Å². The number of fused-ring (bicyclic) bond motifs is 3. The Balaban J connectivity index is 1.55. The van der Waals surface area contributed by atoms with Gasteiger partial charge in [-0.3, -0.25) is 0 Å². The van der Waals surface area contributed by atoms with E-state index in [1.54, 1.807) is 25.1 Å². The predicted molar refractivity (Wildman–Crippen MR) is 144 cm³/mol. The van der Waals surface area contributed by atoms with Gasteiger partial charge in [-0.25, -0.2) is 0 Å². The number of hydrogen-bond donors (Lipinski definition) is 2. The maximum Gasteiger partial charge on any atom is 0.408 e. The van der Waals surface area contributed by atoms with Crippen LogP contribution in [0.3, 0.4) is 0 Å². The zero-order valence-corrected chi connectivity index (χ0v) is 23.2. The number of aliphatic hydroxyl groups excluding tert-OH is 1. The number of rotatable bonds is 10. The minimum atomic E-state index is -4.36. The second kappa shape index (κ2) is 12.2. The van der Waals surface area contributed by atoms with Crippen molar-refractivity contribution in [2.75, 3.05) is 25.1 Å². The molecule has 212 valence electrons. The van der Waals surface area contributed by atoms with Crippen molar-refractivity contribution in [3.63, 3.8) is 0 Å². The summed E-state index contributed by atoms with van der Waals surface area (Å²) >= 11 is 0. The SMILES string of the molecule is CCOCC[C@H]1CC[C@@H]2[C@H](CC[C@]3(C)C(C(Nc4ccc(C#N)cc4C)C(F)(F)F)CC[C@@H]23)[C@H]1CCCO. The molecule has 0 aliphatic heterocycles. The van der Waals surface area contributed by atoms with Crippen molar-refractivity contribution in [1.29, 1.82) is 5.26 Å². The molecule has 3 aliphatic rings. The molecule has 3 saturated carbocycles. The van der Waals surface area contributed by atoms with Gasteiger partial charge in [0.1, 0.15) is 6.04 Å². The Hall–Kier alpha value is -1.78. The highest BCUT2D eigenvalue weighted by Gasteiger charge is 2.61. The summed E-state index contributed by atoms with van der Waals surface area (Å²) in [5.41, 5.74) is 1.23. The van der Waals surface area contributed by atoms with E-state index in [0.717, 1.165) is 64.6 Å². The fourth-order valence-electron chi connectivity index (χ4n) is 8.81. The number of hydrogen-bond acceptors (Lipinski definition) is 4. The molecule has 0 heterocycles. The zero-order valence-electron chi connectivity index (χ0n) is 23.2. The van der Waals surface area contributed by atoms with Crippen molar-refractivity contribution in [2.45, 2.75) is 90.8 Å². The molecular formula is C31H45F3N2O2. The molecule has 8 atom stereocenters. The minimum absolute atomic E-state index is 0.197. The molecule has 0 aromatic heterocycles. The Morgan fingerprint density at radius 1 is 1.16 bits per heavy atom. The second-order valence-electron chi connectivity index (χ2n) is 12.3. The van der Waals surface area contributed by atoms with E-state index >= 15 is 0 Å². The van der Waals surface area contributed by atoms with Gasteiger partial charge in [0.15, 0.2) is 0 Å². The lowest BCUT2D eigenvalue weighted by molar-refractivity contribution is -0.168. The van der Waals surface area contributed by atoms with Gasteiger partial charge in [0.05, 0.1) is 11.6 Å². The number of benzene rings is 1. The van der Waals surface area contributed by atoms with Crippen molar-refractivity contribution in [1.82, 2.24) is 0 Å². The number of aliphatic hydroxyl groups is 1. The van der Waals surface area contributed by atoms with E-state index < -0.39 is 18.1 Å². The van der Waals surface area contributed by atoms with E-state index in [1.165, 1.54) is 0 Å². The smallest absolute Gasteiger partial charge is 0.396 e. The summed E-state index contributed by atoms with van der Waals surface area (Å²) in [5.74, 6) is 1.95. The van der Waals surface area contributed by atoms with Gasteiger partial charge in [-0.2, -0.15) is 18.4 Å². The normalized spacial score (nSPS) is 33.7. The molecule has 1 aromatic carbocycles. The predicted octanol–water partition coefficient (Wildman–Crippen LogP) is 7.49. The first-order valence-electron chi connectivity index (χ1n) is 14.7. The fourth-order valence-corrected chi connectivity index (χ4v) is 8.81. The molecule has 7 heteroatoms. The second-order valence-corrected chi connectivity index (χ2v) is 12.3. The van der Waals surface area contributed by atoms with Crippen LogP contribution in [0.2, 0.25) is 0 Å². The average molecular weight is 535 g/mol. The molecule has 38 heavy (non-hydrogen) atoms. The number of nitriles is 1. The molecule has 1 aromatic rings. The third kappa shape index (κ3) is 5.87. The first-order chi connectivity index (χ1) is 18.1. The number of nitrogens with zero attached hydrogens (tertiary/aromatic N) is 1. The maximum atomic E-state index is 14.6. The number of aryl methyl sites for hydroxylation is 1. The standard InChI is InChI=1S/C31H45F3N2O2/c1-4-38-17-14-22-8-9-25-24(23(22)6-5-16-37)13-15-30(3)26(25)10-11-27(30)29(31(32,33)34)36-28-12-7-21(19-35)18-20(28)2/h7,12,18,22-27,29,36-37H,4-6,8-11,13-17H2,1-3H3/t22-,23+,24-,25-,26+,27?,29?,30+/m1/s1. The Bertz CT molecular complexity index is 977. The highest BCUT2D eigenvalue weighted by atomic mass is 19.4. The first-order valence-corrected chi connectivity index (χ1v) is 14.7. The minimum Gasteiger partial charge on any atom is -0.396 e. The molecule has 0 amide bonds. The summed E-state index contributed by atoms with van der Waals surface area (Å²) in [6.45, 7) is 7.61. The van der Waals surface area contributed by atoms with Crippen molar-refractivity contribution in [3.8, 4) is 6.07 Å². The number of anilines is 1. The molecule has 0 spiro atoms. The van der Waals surface area contributed by atoms with Crippen LogP contribution >= 0.6 is 0 Å². The molecule has 3 fully saturated rings. The molecule has 0 bridgehead atoms. The highest BCUT2D eigenvalue weighted by Crippen LogP contribution is 2.65. The Labute approximate surface area is 226 Å². The van der Waals surface area contributed by atoms with Gasteiger partial charge in [0.25, 0.3) is 0 Å². The lowest BCUT2D eigenvalue weighted by Crippen LogP contribution is -2.53. The monoisotopic (exact) mass is 534 g/mol. The zero-order chi connectivity index (χ0) is 27.5. The van der Waals surface area contributed by atoms with Gasteiger partial charge in [-0.15, -0.1) is 0 Å². The quantitative estimate of drug-likeness (QED) is 0.305. The molecular weight excluding hydrogens is 489 g/mol. The Kier molecular flexibility index (Phi) is 9.35. The summed E-state index contributed by atoms with van der Waals surface area (Å²) in [6.07, 6.45) is 3.97. The van der Waals surface area contributed by atoms with Gasteiger partial charge in [0, 0.05) is 25.5 Å². The summed E-state index contributed by atoms with van der Waals surface area (Å²) in [6, 6.07) is 5.32. The molecule has 0 saturated heterocycles. The van der Waals surface area contributed by atoms with Crippen LogP contribution in [0.5, 0.6) is 0 Å². The van der Waals surface area contributed by atoms with Gasteiger partial charge >= 0.3 is 6.18 Å². The number of alkyl halides is 3. The molecule has 4 nitrogen and oxygen atoms in total. The summed E-state index contributed by atoms with van der Waals surface area (Å²) in [5, 5.41) is 21.6. The van der Waals surface area contributed by atoms with E-state index in [-0.39, 0.29) is 12.0 Å². The Morgan fingerprint density at radius 3 is 2.61 bits per heavy atom. The molecule has 3 aliphatic carbocycles. The number of ether oxygens (including phenoxy) is 1. The van der Waals surface area contributed by atoms with Crippen LogP contribution in [0.15, 0.2) is 18.2 Å². The maximum absolute atomic E-state index is 14.6. The number of halogens is 3. The van der Waals surface area contributed by atoms with Gasteiger partial charge in [-0.05, 0) is 136 Å². The lowest BCUT2D eigenvalue weighted by Gasteiger charge is -2.55. The van der Waals surface area contributed by atoms with E-state index in [2.05, 4.69) is 18.3 Å². The largest absolute Gasteiger partial charge is 0.408 e. The van der Waals surface area contributed by atoms with E-state index in [0.29, 0.717) is 52.8 Å². The van der Waals surface area contributed by atoms with E-state index in [9.17, 15) is 18.3 Å². The summed E-state index contributed by atoms with van der Waals surface area (Å²) in [4.78, 5) is 0. The van der Waals surface area contributed by atoms with Crippen molar-refractivity contribution in [2.24, 2.45) is 40.9 Å². The van der Waals surface area contributed by atoms with Crippen LogP contribution in [0, 0.1) is 59.2 Å². The summed E-state index contributed by atoms with van der Waals surface area (Å²) < 4.78 is 49.6. The van der Waals surface area contributed by atoms with Crippen LogP contribution in [-0.4, -0.2) is 37.1 Å². The van der Waals surface area contributed by atoms with Gasteiger partial charge < -0.3 is 15.2 Å². The third-order valence-electron chi connectivity index (χ3n) is 10.5. The lowest BCUT2D eigenvalue weighted by atomic mass is 9.50. The molecule has 2 N–H and O–H groups in total. The van der Waals surface area contributed by atoms with Gasteiger partial charge in [0.2, 0.25) is 0 Å². The average Bonchev–Trinajstić information content (AvgIpc) is 3.23. The van der Waals surface area contributed by atoms with E-state index in [1.807, 2.05) is 6.92 Å². The van der Waals surface area contributed by atoms with Crippen molar-refractivity contribution >= 4 is 5.69 Å². The molecule has 4 rings (SSSR count). The highest BCUT2D eigenvalue weighted by molar-refractivity contribution is 5.55. The fraction of sp³-hybridized carbons (Fsp3) is 0.774. The topological polar surface area (TPSA) is 65.3 Å². The third-order valence-corrected chi connectivity index (χ3v) is 10.5. The Morgan fingerprint density at radius 2 is 1.95 bits per heavy atom. The van der Waals surface area contributed by atoms with Crippen LogP contribution in [0.4, 0.5) is 18.9 Å². The molecule has 2 unspecified atom stereocenters. The first kappa shape index (κ1) is 29.2. The van der Waals surface area contributed by atoms with Crippen LogP contribution < -0.4 is 5.32 Å². The van der Waals surface area contributed by atoms with Crippen LogP contribution in [0.1, 0.15) is 82.8 Å². The molecule has 0 radical (unpaired) electrons. The van der Waals surface area contributed by atoms with E-state index in [4.69, 9.17) is 10.00 Å². The number of nitrogens with one attached hydrogen (secondary N) is 1. The summed E-state index contributed by atoms with van der Waals surface area (Å²) in [7, 11) is 0. The van der Waals surface area contributed by atoms with Crippen molar-refractivity contribution in [3.05, 3.63) is 29.3 Å². The van der Waals surface area contributed by atoms with Crippen LogP contribution in [0.25, 0.3) is 0 Å². The van der Waals surface area contributed by atoms with Crippen molar-refractivity contribution < 1.29 is 23.0 Å². The van der Waals surface area contributed by atoms with Gasteiger partial charge in [-0.1, -0.05) is 6.92 Å².